The zero-order valence-corrected chi connectivity index (χ0v) is 14.5. The minimum Gasteiger partial charge on any atom is -0.493 e. The molecule has 0 fully saturated rings. The van der Waals surface area contributed by atoms with E-state index in [1.807, 2.05) is 25.1 Å². The zero-order chi connectivity index (χ0) is 17.2. The first-order valence-electron chi connectivity index (χ1n) is 8.87. The van der Waals surface area contributed by atoms with Gasteiger partial charge in [0.1, 0.15) is 17.4 Å². The van der Waals surface area contributed by atoms with Crippen LogP contribution < -0.4 is 15.8 Å². The van der Waals surface area contributed by atoms with Crippen molar-refractivity contribution in [2.24, 2.45) is 16.6 Å². The second-order valence-electron chi connectivity index (χ2n) is 6.78. The fourth-order valence-electron chi connectivity index (χ4n) is 3.62. The van der Waals surface area contributed by atoms with Gasteiger partial charge in [0.15, 0.2) is 5.96 Å². The molecule has 0 saturated carbocycles. The number of aliphatic imine (C=N–C) groups is 1. The van der Waals surface area contributed by atoms with Gasteiger partial charge >= 0.3 is 0 Å². The Bertz CT molecular complexity index is 784. The van der Waals surface area contributed by atoms with Crippen LogP contribution in [0.1, 0.15) is 36.1 Å². The Kier molecular flexibility index (Phi) is 4.29. The number of hydrogen-bond donors (Lipinski definition) is 2. The Morgan fingerprint density at radius 2 is 2.24 bits per heavy atom. The number of nitrogens with two attached hydrogens (primary N) is 1. The summed E-state index contributed by atoms with van der Waals surface area (Å²) in [4.78, 5) is 4.59. The lowest BCUT2D eigenvalue weighted by atomic mass is 9.99. The van der Waals surface area contributed by atoms with E-state index in [0.29, 0.717) is 18.5 Å². The predicted octanol–water partition coefficient (Wildman–Crippen LogP) is 1.58. The Hall–Kier alpha value is -2.57. The van der Waals surface area contributed by atoms with E-state index in [4.69, 9.17) is 10.5 Å². The third-order valence-corrected chi connectivity index (χ3v) is 5.03. The molecule has 1 aromatic carbocycles. The molecule has 7 heteroatoms. The number of hydrogen-bond acceptors (Lipinski definition) is 4. The minimum atomic E-state index is 0.159. The molecule has 2 atom stereocenters. The molecule has 25 heavy (non-hydrogen) atoms. The van der Waals surface area contributed by atoms with Crippen LogP contribution in [0.3, 0.4) is 0 Å². The third kappa shape index (κ3) is 3.31. The van der Waals surface area contributed by atoms with E-state index in [0.717, 1.165) is 55.3 Å². The normalized spacial score (nSPS) is 22.7. The second kappa shape index (κ2) is 6.74. The van der Waals surface area contributed by atoms with Crippen molar-refractivity contribution < 1.29 is 4.74 Å². The number of benzene rings is 1. The van der Waals surface area contributed by atoms with E-state index in [2.05, 4.69) is 31.1 Å². The number of nitrogens with zero attached hydrogens (tertiary/aromatic N) is 4. The van der Waals surface area contributed by atoms with Gasteiger partial charge in [-0.2, -0.15) is 0 Å². The van der Waals surface area contributed by atoms with Crippen LogP contribution in [0.5, 0.6) is 5.75 Å². The van der Waals surface area contributed by atoms with Crippen LogP contribution in [0, 0.1) is 12.8 Å². The van der Waals surface area contributed by atoms with Crippen LogP contribution in [0.4, 0.5) is 0 Å². The number of ether oxygens (including phenoxy) is 1. The summed E-state index contributed by atoms with van der Waals surface area (Å²) in [6, 6.07) is 8.25. The number of aryl methyl sites for hydroxylation is 2. The number of rotatable bonds is 3. The molecule has 0 bridgehead atoms. The Balaban J connectivity index is 1.38. The highest BCUT2D eigenvalue weighted by atomic mass is 16.5. The van der Waals surface area contributed by atoms with Gasteiger partial charge in [-0.25, -0.2) is 0 Å². The molecule has 1 aromatic heterocycles. The van der Waals surface area contributed by atoms with Crippen molar-refractivity contribution in [2.45, 2.75) is 38.8 Å². The highest BCUT2D eigenvalue weighted by molar-refractivity contribution is 5.78. The largest absolute Gasteiger partial charge is 0.493 e. The van der Waals surface area contributed by atoms with Gasteiger partial charge in [-0.3, -0.25) is 4.99 Å². The first-order valence-corrected chi connectivity index (χ1v) is 8.87. The smallest absolute Gasteiger partial charge is 0.189 e. The summed E-state index contributed by atoms with van der Waals surface area (Å²) >= 11 is 0. The van der Waals surface area contributed by atoms with Gasteiger partial charge in [0.25, 0.3) is 0 Å². The summed E-state index contributed by atoms with van der Waals surface area (Å²) in [7, 11) is 0. The van der Waals surface area contributed by atoms with Crippen molar-refractivity contribution in [3.63, 3.8) is 0 Å². The van der Waals surface area contributed by atoms with E-state index in [-0.39, 0.29) is 6.04 Å². The summed E-state index contributed by atoms with van der Waals surface area (Å²) in [5.74, 6) is 3.98. The highest BCUT2D eigenvalue weighted by Gasteiger charge is 2.23. The maximum absolute atomic E-state index is 6.15. The van der Waals surface area contributed by atoms with Crippen molar-refractivity contribution in [3.8, 4) is 5.75 Å². The molecule has 2 aromatic rings. The van der Waals surface area contributed by atoms with Crippen LogP contribution in [0.25, 0.3) is 0 Å². The van der Waals surface area contributed by atoms with Crippen LogP contribution in [0.15, 0.2) is 29.3 Å². The summed E-state index contributed by atoms with van der Waals surface area (Å²) in [6.07, 6.45) is 2.93. The maximum atomic E-state index is 6.15. The van der Waals surface area contributed by atoms with Gasteiger partial charge in [-0.05, 0) is 25.3 Å². The highest BCUT2D eigenvalue weighted by Crippen LogP contribution is 2.31. The van der Waals surface area contributed by atoms with E-state index in [9.17, 15) is 0 Å². The lowest BCUT2D eigenvalue weighted by Crippen LogP contribution is -2.38. The van der Waals surface area contributed by atoms with E-state index >= 15 is 0 Å². The molecule has 132 valence electrons. The Morgan fingerprint density at radius 3 is 3.16 bits per heavy atom. The molecule has 2 aliphatic heterocycles. The zero-order valence-electron chi connectivity index (χ0n) is 14.5. The van der Waals surface area contributed by atoms with Gasteiger partial charge in [0, 0.05) is 31.5 Å². The number of para-hydroxylation sites is 1. The molecule has 3 N–H and O–H groups in total. The van der Waals surface area contributed by atoms with Crippen molar-refractivity contribution in [2.75, 3.05) is 13.2 Å². The molecule has 4 rings (SSSR count). The van der Waals surface area contributed by atoms with Crippen LogP contribution in [-0.4, -0.2) is 33.9 Å². The SMILES string of the molecule is Cc1nnc2n1CC(CN=C(N)NC1CCOc3ccccc31)CC2. The lowest BCUT2D eigenvalue weighted by molar-refractivity contribution is 0.262. The molecule has 3 heterocycles. The summed E-state index contributed by atoms with van der Waals surface area (Å²) in [5.41, 5.74) is 7.30. The fraction of sp³-hybridized carbons (Fsp3) is 0.500. The first kappa shape index (κ1) is 15.9. The van der Waals surface area contributed by atoms with Gasteiger partial charge in [-0.15, -0.1) is 10.2 Å². The van der Waals surface area contributed by atoms with Crippen LogP contribution >= 0.6 is 0 Å². The van der Waals surface area contributed by atoms with Gasteiger partial charge in [-0.1, -0.05) is 18.2 Å². The van der Waals surface area contributed by atoms with Crippen molar-refractivity contribution in [1.82, 2.24) is 20.1 Å². The molecule has 0 aliphatic carbocycles. The van der Waals surface area contributed by atoms with Gasteiger partial charge in [0.05, 0.1) is 12.6 Å². The monoisotopic (exact) mass is 340 g/mol. The molecular formula is C18H24N6O. The van der Waals surface area contributed by atoms with Crippen molar-refractivity contribution >= 4 is 5.96 Å². The number of fused-ring (bicyclic) bond motifs is 2. The molecule has 0 spiro atoms. The molecule has 2 unspecified atom stereocenters. The van der Waals surface area contributed by atoms with Crippen LogP contribution in [-0.2, 0) is 13.0 Å². The fourth-order valence-corrected chi connectivity index (χ4v) is 3.62. The molecule has 0 amide bonds. The maximum Gasteiger partial charge on any atom is 0.189 e. The van der Waals surface area contributed by atoms with Crippen molar-refractivity contribution in [3.05, 3.63) is 41.5 Å². The second-order valence-corrected chi connectivity index (χ2v) is 6.78. The quantitative estimate of drug-likeness (QED) is 0.654. The molecule has 0 saturated heterocycles. The Morgan fingerprint density at radius 1 is 1.36 bits per heavy atom. The van der Waals surface area contributed by atoms with Crippen LogP contribution in [0.2, 0.25) is 0 Å². The topological polar surface area (TPSA) is 90.4 Å². The van der Waals surface area contributed by atoms with Gasteiger partial charge < -0.3 is 20.4 Å². The molecule has 7 nitrogen and oxygen atoms in total. The molecule has 0 radical (unpaired) electrons. The van der Waals surface area contributed by atoms with Gasteiger partial charge in [0.2, 0.25) is 0 Å². The number of nitrogens with one attached hydrogen (secondary N) is 1. The number of aromatic nitrogens is 3. The summed E-state index contributed by atoms with van der Waals surface area (Å²) < 4.78 is 7.89. The first-order chi connectivity index (χ1) is 12.2. The van der Waals surface area contributed by atoms with E-state index < -0.39 is 0 Å². The molecule has 2 aliphatic rings. The van der Waals surface area contributed by atoms with E-state index in [1.165, 1.54) is 0 Å². The lowest BCUT2D eigenvalue weighted by Gasteiger charge is -2.27. The Labute approximate surface area is 147 Å². The minimum absolute atomic E-state index is 0.159. The third-order valence-electron chi connectivity index (χ3n) is 5.03. The van der Waals surface area contributed by atoms with Crippen molar-refractivity contribution in [1.29, 1.82) is 0 Å². The average Bonchev–Trinajstić information content (AvgIpc) is 3.01. The average molecular weight is 340 g/mol. The number of guanidine groups is 1. The molecular weight excluding hydrogens is 316 g/mol. The van der Waals surface area contributed by atoms with E-state index in [1.54, 1.807) is 0 Å². The summed E-state index contributed by atoms with van der Waals surface area (Å²) in [5, 5.41) is 11.7. The summed E-state index contributed by atoms with van der Waals surface area (Å²) in [6.45, 7) is 4.34. The predicted molar refractivity (Wildman–Crippen MR) is 95.5 cm³/mol. The standard InChI is InChI=1S/C18H24N6O/c1-12-22-23-17-7-6-13(11-24(12)17)10-20-18(19)21-15-8-9-25-16-5-3-2-4-14(15)16/h2-5,13,15H,6-11H2,1H3,(H3,19,20,21).